The minimum absolute atomic E-state index is 0.00438. The average molecular weight is 462 g/mol. The molecule has 0 saturated carbocycles. The number of benzene rings is 3. The highest BCUT2D eigenvalue weighted by Gasteiger charge is 2.32. The van der Waals surface area contributed by atoms with Crippen LogP contribution in [0.1, 0.15) is 41.8 Å². The number of ketones is 1. The topological polar surface area (TPSA) is 64.6 Å². The number of anilines is 1. The summed E-state index contributed by atoms with van der Waals surface area (Å²) < 4.78 is 11.6. The lowest BCUT2D eigenvalue weighted by Gasteiger charge is -2.31. The lowest BCUT2D eigenvalue weighted by atomic mass is 9.93. The van der Waals surface area contributed by atoms with E-state index in [0.29, 0.717) is 40.8 Å². The van der Waals surface area contributed by atoms with E-state index in [1.807, 2.05) is 62.4 Å². The van der Waals surface area contributed by atoms with E-state index in [0.717, 1.165) is 11.1 Å². The van der Waals surface area contributed by atoms with Crippen molar-refractivity contribution in [3.63, 3.8) is 0 Å². The Morgan fingerprint density at radius 1 is 1.12 bits per heavy atom. The Kier molecular flexibility index (Phi) is 6.52. The highest BCUT2D eigenvalue weighted by Crippen LogP contribution is 2.34. The van der Waals surface area contributed by atoms with Gasteiger partial charge in [-0.2, -0.15) is 0 Å². The highest BCUT2D eigenvalue weighted by atomic mass is 35.5. The number of nitrogens with one attached hydrogen (secondary N) is 1. The number of fused-ring (bicyclic) bond motifs is 1. The molecule has 1 amide bonds. The number of ether oxygens (including phenoxy) is 2. The van der Waals surface area contributed by atoms with Gasteiger partial charge >= 0.3 is 0 Å². The Morgan fingerprint density at radius 2 is 1.88 bits per heavy atom. The fourth-order valence-electron chi connectivity index (χ4n) is 3.54. The van der Waals surface area contributed by atoms with Crippen LogP contribution in [0.25, 0.3) is 6.08 Å². The summed E-state index contributed by atoms with van der Waals surface area (Å²) in [5, 5.41) is 3.46. The maximum absolute atomic E-state index is 12.4. The van der Waals surface area contributed by atoms with Crippen molar-refractivity contribution in [2.45, 2.75) is 32.5 Å². The summed E-state index contributed by atoms with van der Waals surface area (Å²) in [5.74, 6) is 0.963. The molecule has 0 spiro atoms. The Bertz CT molecular complexity index is 1220. The number of hydrogen-bond donors (Lipinski definition) is 1. The Balaban J connectivity index is 1.34. The first-order chi connectivity index (χ1) is 15.8. The van der Waals surface area contributed by atoms with Crippen LogP contribution < -0.4 is 14.8 Å². The average Bonchev–Trinajstić information content (AvgIpc) is 2.78. The van der Waals surface area contributed by atoms with E-state index in [-0.39, 0.29) is 11.7 Å². The number of carbonyl (C=O) groups excluding carboxylic acids is 2. The largest absolute Gasteiger partial charge is 0.489 e. The molecule has 0 saturated heterocycles. The molecule has 0 fully saturated rings. The Hall–Kier alpha value is -3.57. The maximum atomic E-state index is 12.4. The molecule has 3 aromatic carbocycles. The number of amides is 1. The van der Waals surface area contributed by atoms with Crippen LogP contribution in [-0.4, -0.2) is 17.3 Å². The number of hydrogen-bond acceptors (Lipinski definition) is 4. The molecule has 1 N–H and O–H groups in total. The molecular formula is C27H24ClNO4. The van der Waals surface area contributed by atoms with Crippen LogP contribution in [0.2, 0.25) is 5.02 Å². The summed E-state index contributed by atoms with van der Waals surface area (Å²) in [5.41, 5.74) is 2.28. The second-order valence-electron chi connectivity index (χ2n) is 8.44. The molecule has 168 valence electrons. The van der Waals surface area contributed by atoms with Crippen LogP contribution in [-0.2, 0) is 11.4 Å². The fourth-order valence-corrected chi connectivity index (χ4v) is 3.73. The third kappa shape index (κ3) is 5.82. The fraction of sp³-hybridized carbons (Fsp3) is 0.185. The zero-order valence-electron chi connectivity index (χ0n) is 18.4. The van der Waals surface area contributed by atoms with Crippen molar-refractivity contribution < 1.29 is 19.1 Å². The first-order valence-electron chi connectivity index (χ1n) is 10.6. The van der Waals surface area contributed by atoms with Gasteiger partial charge in [0, 0.05) is 22.3 Å². The van der Waals surface area contributed by atoms with Crippen molar-refractivity contribution in [1.82, 2.24) is 0 Å². The monoisotopic (exact) mass is 461 g/mol. The van der Waals surface area contributed by atoms with E-state index in [9.17, 15) is 9.59 Å². The SMILES string of the molecule is CC1(C)CC(=O)c2cc(NC(=O)/C=C/c3ccc(OCc4ccccc4Cl)cc3)ccc2O1. The van der Waals surface area contributed by atoms with Gasteiger partial charge in [-0.3, -0.25) is 9.59 Å². The minimum Gasteiger partial charge on any atom is -0.489 e. The molecule has 0 atom stereocenters. The van der Waals surface area contributed by atoms with E-state index < -0.39 is 5.60 Å². The lowest BCUT2D eigenvalue weighted by molar-refractivity contribution is -0.111. The normalized spacial score (nSPS) is 14.5. The summed E-state index contributed by atoms with van der Waals surface area (Å²) >= 11 is 6.15. The molecule has 3 aromatic rings. The Labute approximate surface area is 198 Å². The molecule has 0 aromatic heterocycles. The summed E-state index contributed by atoms with van der Waals surface area (Å²) in [6.45, 7) is 4.14. The van der Waals surface area contributed by atoms with Crippen LogP contribution >= 0.6 is 11.6 Å². The molecule has 0 aliphatic carbocycles. The van der Waals surface area contributed by atoms with Crippen LogP contribution in [0.15, 0.2) is 72.8 Å². The van der Waals surface area contributed by atoms with Gasteiger partial charge in [0.2, 0.25) is 5.91 Å². The molecule has 1 aliphatic heterocycles. The van der Waals surface area contributed by atoms with Crippen molar-refractivity contribution in [1.29, 1.82) is 0 Å². The van der Waals surface area contributed by atoms with Gasteiger partial charge in [-0.1, -0.05) is 41.9 Å². The van der Waals surface area contributed by atoms with E-state index in [1.54, 1.807) is 24.3 Å². The number of carbonyl (C=O) groups is 2. The summed E-state index contributed by atoms with van der Waals surface area (Å²) in [7, 11) is 0. The smallest absolute Gasteiger partial charge is 0.248 e. The van der Waals surface area contributed by atoms with Gasteiger partial charge in [-0.05, 0) is 61.9 Å². The quantitative estimate of drug-likeness (QED) is 0.436. The van der Waals surface area contributed by atoms with Crippen LogP contribution in [0, 0.1) is 0 Å². The van der Waals surface area contributed by atoms with Gasteiger partial charge in [0.05, 0.1) is 12.0 Å². The van der Waals surface area contributed by atoms with E-state index in [1.165, 1.54) is 6.08 Å². The summed E-state index contributed by atoms with van der Waals surface area (Å²) in [4.78, 5) is 24.7. The Morgan fingerprint density at radius 3 is 2.64 bits per heavy atom. The molecule has 0 radical (unpaired) electrons. The number of halogens is 1. The van der Waals surface area contributed by atoms with Gasteiger partial charge in [0.1, 0.15) is 23.7 Å². The molecule has 0 bridgehead atoms. The lowest BCUT2D eigenvalue weighted by Crippen LogP contribution is -2.35. The third-order valence-electron chi connectivity index (χ3n) is 5.18. The molecule has 1 heterocycles. The van der Waals surface area contributed by atoms with Gasteiger partial charge < -0.3 is 14.8 Å². The molecule has 5 nitrogen and oxygen atoms in total. The highest BCUT2D eigenvalue weighted by molar-refractivity contribution is 6.31. The predicted molar refractivity (Wildman–Crippen MR) is 130 cm³/mol. The van der Waals surface area contributed by atoms with Crippen molar-refractivity contribution in [2.75, 3.05) is 5.32 Å². The van der Waals surface area contributed by atoms with Crippen molar-refractivity contribution >= 4 is 35.1 Å². The third-order valence-corrected chi connectivity index (χ3v) is 5.55. The zero-order valence-corrected chi connectivity index (χ0v) is 19.2. The summed E-state index contributed by atoms with van der Waals surface area (Å²) in [6, 6.07) is 20.0. The van der Waals surface area contributed by atoms with Crippen molar-refractivity contribution in [3.8, 4) is 11.5 Å². The molecule has 0 unspecified atom stereocenters. The standard InChI is InChI=1S/C27H24ClNO4/c1-27(2)16-24(30)22-15-20(10-13-25(22)33-27)29-26(31)14-9-18-7-11-21(12-8-18)32-17-19-5-3-4-6-23(19)28/h3-15H,16-17H2,1-2H3,(H,29,31)/b14-9+. The molecule has 1 aliphatic rings. The first kappa shape index (κ1) is 22.6. The molecule has 33 heavy (non-hydrogen) atoms. The molecule has 4 rings (SSSR count). The second kappa shape index (κ2) is 9.51. The van der Waals surface area contributed by atoms with E-state index >= 15 is 0 Å². The number of Topliss-reactive ketones (excluding diaryl/α,β-unsaturated/α-hetero) is 1. The van der Waals surface area contributed by atoms with E-state index in [2.05, 4.69) is 5.32 Å². The first-order valence-corrected chi connectivity index (χ1v) is 11.0. The van der Waals surface area contributed by atoms with Gasteiger partial charge in [-0.25, -0.2) is 0 Å². The number of rotatable bonds is 6. The predicted octanol–water partition coefficient (Wildman–Crippen LogP) is 6.31. The molecular weight excluding hydrogens is 438 g/mol. The van der Waals surface area contributed by atoms with Gasteiger partial charge in [0.15, 0.2) is 5.78 Å². The van der Waals surface area contributed by atoms with Crippen molar-refractivity contribution in [2.24, 2.45) is 0 Å². The van der Waals surface area contributed by atoms with Gasteiger partial charge in [0.25, 0.3) is 0 Å². The maximum Gasteiger partial charge on any atom is 0.248 e. The van der Waals surface area contributed by atoms with Crippen LogP contribution in [0.4, 0.5) is 5.69 Å². The van der Waals surface area contributed by atoms with Crippen LogP contribution in [0.3, 0.4) is 0 Å². The van der Waals surface area contributed by atoms with E-state index in [4.69, 9.17) is 21.1 Å². The summed E-state index contributed by atoms with van der Waals surface area (Å²) in [6.07, 6.45) is 3.46. The zero-order chi connectivity index (χ0) is 23.4. The molecule has 6 heteroatoms. The van der Waals surface area contributed by atoms with Crippen LogP contribution in [0.5, 0.6) is 11.5 Å². The van der Waals surface area contributed by atoms with Crippen molar-refractivity contribution in [3.05, 3.63) is 94.5 Å². The minimum atomic E-state index is -0.521. The van der Waals surface area contributed by atoms with Gasteiger partial charge in [-0.15, -0.1) is 0 Å². The second-order valence-corrected chi connectivity index (χ2v) is 8.85.